The van der Waals surface area contributed by atoms with Crippen LogP contribution in [0, 0.1) is 34.5 Å². The monoisotopic (exact) mass is 260 g/mol. The van der Waals surface area contributed by atoms with Gasteiger partial charge in [-0.2, -0.15) is 0 Å². The van der Waals surface area contributed by atoms with E-state index in [9.17, 15) is 0 Å². The average Bonchev–Trinajstić information content (AvgIpc) is 2.79. The zero-order valence-corrected chi connectivity index (χ0v) is 13.1. The van der Waals surface area contributed by atoms with Gasteiger partial charge in [0.25, 0.3) is 0 Å². The molecule has 4 rings (SSSR count). The molecular weight excluding hydrogens is 228 g/mol. The predicted octanol–water partition coefficient (Wildman–Crippen LogP) is 5.81. The van der Waals surface area contributed by atoms with Gasteiger partial charge < -0.3 is 0 Å². The average molecular weight is 260 g/mol. The lowest BCUT2D eigenvalue weighted by molar-refractivity contribution is -0.103. The molecule has 0 nitrogen and oxygen atoms in total. The maximum atomic E-state index is 2.70. The molecule has 5 unspecified atom stereocenters. The van der Waals surface area contributed by atoms with E-state index in [-0.39, 0.29) is 0 Å². The standard InChI is InChI=1S/C19H32/c1-18-11-5-7-16(18)15-9-8-14-6-3-4-12-19(14,2)17(15)10-13-18/h14-17H,3-13H2,1-2H3/t14?,15?,16?,17?,18?,19-/m0/s1. The summed E-state index contributed by atoms with van der Waals surface area (Å²) in [7, 11) is 0. The van der Waals surface area contributed by atoms with Gasteiger partial charge in [-0.05, 0) is 85.9 Å². The fourth-order valence-corrected chi connectivity index (χ4v) is 7.29. The summed E-state index contributed by atoms with van der Waals surface area (Å²) in [6, 6.07) is 0. The number of rotatable bonds is 0. The quantitative estimate of drug-likeness (QED) is 0.515. The summed E-state index contributed by atoms with van der Waals surface area (Å²) < 4.78 is 0. The van der Waals surface area contributed by atoms with Crippen LogP contribution in [0.1, 0.15) is 84.5 Å². The van der Waals surface area contributed by atoms with E-state index >= 15 is 0 Å². The fraction of sp³-hybridized carbons (Fsp3) is 1.00. The number of hydrogen-bond acceptors (Lipinski definition) is 0. The molecule has 0 heterocycles. The molecule has 0 aliphatic heterocycles. The first-order valence-corrected chi connectivity index (χ1v) is 9.13. The number of fused-ring (bicyclic) bond motifs is 5. The molecular formula is C19H32. The van der Waals surface area contributed by atoms with Crippen molar-refractivity contribution < 1.29 is 0 Å². The van der Waals surface area contributed by atoms with Crippen LogP contribution in [0.2, 0.25) is 0 Å². The Hall–Kier alpha value is 0. The maximum absolute atomic E-state index is 2.70. The van der Waals surface area contributed by atoms with Gasteiger partial charge in [-0.15, -0.1) is 0 Å². The van der Waals surface area contributed by atoms with Crippen LogP contribution in [0.3, 0.4) is 0 Å². The van der Waals surface area contributed by atoms with Gasteiger partial charge in [0, 0.05) is 0 Å². The molecule has 4 aliphatic carbocycles. The summed E-state index contributed by atoms with van der Waals surface area (Å²) >= 11 is 0. The third-order valence-corrected chi connectivity index (χ3v) is 8.36. The molecule has 0 saturated heterocycles. The van der Waals surface area contributed by atoms with E-state index in [0.717, 1.165) is 34.5 Å². The lowest BCUT2D eigenvalue weighted by Gasteiger charge is -2.60. The SMILES string of the molecule is CC12CCCC1C1CCC3CCCC[C@]3(C)C1CC2. The van der Waals surface area contributed by atoms with Crippen LogP contribution < -0.4 is 0 Å². The van der Waals surface area contributed by atoms with Crippen molar-refractivity contribution in [3.63, 3.8) is 0 Å². The van der Waals surface area contributed by atoms with Crippen molar-refractivity contribution >= 4 is 0 Å². The van der Waals surface area contributed by atoms with Crippen LogP contribution in [0.15, 0.2) is 0 Å². The molecule has 4 aliphatic rings. The van der Waals surface area contributed by atoms with E-state index in [1.165, 1.54) is 19.3 Å². The maximum Gasteiger partial charge on any atom is -0.0266 e. The van der Waals surface area contributed by atoms with Gasteiger partial charge in [-0.1, -0.05) is 33.1 Å². The normalized spacial score (nSPS) is 57.2. The second kappa shape index (κ2) is 4.25. The van der Waals surface area contributed by atoms with Gasteiger partial charge >= 0.3 is 0 Å². The van der Waals surface area contributed by atoms with Crippen molar-refractivity contribution in [2.75, 3.05) is 0 Å². The third kappa shape index (κ3) is 1.70. The van der Waals surface area contributed by atoms with E-state index < -0.39 is 0 Å². The Bertz CT molecular complexity index is 359. The van der Waals surface area contributed by atoms with Crippen LogP contribution >= 0.6 is 0 Å². The molecule has 0 N–H and O–H groups in total. The van der Waals surface area contributed by atoms with Crippen LogP contribution in [-0.4, -0.2) is 0 Å². The highest BCUT2D eigenvalue weighted by molar-refractivity contribution is 5.06. The van der Waals surface area contributed by atoms with Gasteiger partial charge in [0.1, 0.15) is 0 Å². The highest BCUT2D eigenvalue weighted by Gasteiger charge is 2.56. The molecule has 0 heteroatoms. The van der Waals surface area contributed by atoms with Crippen LogP contribution in [-0.2, 0) is 0 Å². The molecule has 0 radical (unpaired) electrons. The molecule has 6 atom stereocenters. The van der Waals surface area contributed by atoms with E-state index in [1.807, 2.05) is 0 Å². The summed E-state index contributed by atoms with van der Waals surface area (Å²) in [5.74, 6) is 4.41. The second-order valence-electron chi connectivity index (χ2n) is 8.99. The van der Waals surface area contributed by atoms with Crippen molar-refractivity contribution in [1.29, 1.82) is 0 Å². The molecule has 0 aromatic heterocycles. The topological polar surface area (TPSA) is 0 Å². The highest BCUT2D eigenvalue weighted by Crippen LogP contribution is 2.66. The van der Waals surface area contributed by atoms with Crippen molar-refractivity contribution in [2.24, 2.45) is 34.5 Å². The fourth-order valence-electron chi connectivity index (χ4n) is 7.29. The van der Waals surface area contributed by atoms with Crippen LogP contribution in [0.25, 0.3) is 0 Å². The first-order valence-electron chi connectivity index (χ1n) is 9.13. The largest absolute Gasteiger partial charge is 0.0594 e. The summed E-state index contributed by atoms with van der Waals surface area (Å²) in [4.78, 5) is 0. The summed E-state index contributed by atoms with van der Waals surface area (Å²) in [5.41, 5.74) is 1.49. The molecule has 0 amide bonds. The molecule has 4 saturated carbocycles. The minimum atomic E-state index is 0.741. The first-order chi connectivity index (χ1) is 9.13. The van der Waals surface area contributed by atoms with Crippen molar-refractivity contribution in [1.82, 2.24) is 0 Å². The van der Waals surface area contributed by atoms with Crippen molar-refractivity contribution in [3.8, 4) is 0 Å². The Morgan fingerprint density at radius 3 is 2.47 bits per heavy atom. The summed E-state index contributed by atoms with van der Waals surface area (Å²) in [6.45, 7) is 5.33. The number of hydrogen-bond donors (Lipinski definition) is 0. The van der Waals surface area contributed by atoms with Crippen molar-refractivity contribution in [3.05, 3.63) is 0 Å². The van der Waals surface area contributed by atoms with Gasteiger partial charge in [-0.3, -0.25) is 0 Å². The summed E-state index contributed by atoms with van der Waals surface area (Å²) in [6.07, 6.45) is 17.1. The smallest absolute Gasteiger partial charge is 0.0266 e. The Balaban J connectivity index is 1.64. The highest BCUT2D eigenvalue weighted by atomic mass is 14.6. The molecule has 0 aromatic rings. The second-order valence-corrected chi connectivity index (χ2v) is 8.99. The first kappa shape index (κ1) is 12.7. The minimum Gasteiger partial charge on any atom is -0.0594 e. The zero-order valence-electron chi connectivity index (χ0n) is 13.1. The van der Waals surface area contributed by atoms with Gasteiger partial charge in [0.05, 0.1) is 0 Å². The van der Waals surface area contributed by atoms with E-state index in [1.54, 1.807) is 51.4 Å². The van der Waals surface area contributed by atoms with Crippen LogP contribution in [0.4, 0.5) is 0 Å². The van der Waals surface area contributed by atoms with Gasteiger partial charge in [0.15, 0.2) is 0 Å². The Kier molecular flexibility index (Phi) is 2.84. The lowest BCUT2D eigenvalue weighted by atomic mass is 9.45. The van der Waals surface area contributed by atoms with E-state index in [4.69, 9.17) is 0 Å². The van der Waals surface area contributed by atoms with Gasteiger partial charge in [0.2, 0.25) is 0 Å². The Labute approximate surface area is 119 Å². The molecule has 4 fully saturated rings. The molecule has 0 bridgehead atoms. The van der Waals surface area contributed by atoms with E-state index in [0.29, 0.717) is 0 Å². The van der Waals surface area contributed by atoms with E-state index in [2.05, 4.69) is 13.8 Å². The van der Waals surface area contributed by atoms with Gasteiger partial charge in [-0.25, -0.2) is 0 Å². The zero-order chi connectivity index (χ0) is 13.1. The molecule has 108 valence electrons. The van der Waals surface area contributed by atoms with Crippen LogP contribution in [0.5, 0.6) is 0 Å². The van der Waals surface area contributed by atoms with Crippen molar-refractivity contribution in [2.45, 2.75) is 84.5 Å². The Morgan fingerprint density at radius 2 is 1.58 bits per heavy atom. The Morgan fingerprint density at radius 1 is 0.684 bits per heavy atom. The molecule has 0 aromatic carbocycles. The summed E-state index contributed by atoms with van der Waals surface area (Å²) in [5, 5.41) is 0. The third-order valence-electron chi connectivity index (χ3n) is 8.36. The molecule has 0 spiro atoms. The predicted molar refractivity (Wildman–Crippen MR) is 81.0 cm³/mol. The molecule has 19 heavy (non-hydrogen) atoms. The lowest BCUT2D eigenvalue weighted by Crippen LogP contribution is -2.51. The minimum absolute atomic E-state index is 0.741.